The highest BCUT2D eigenvalue weighted by Gasteiger charge is 2.70. The van der Waals surface area contributed by atoms with E-state index in [1.807, 2.05) is 25.1 Å². The summed E-state index contributed by atoms with van der Waals surface area (Å²) in [6, 6.07) is 15.4. The van der Waals surface area contributed by atoms with Crippen molar-refractivity contribution in [2.45, 2.75) is 38.3 Å². The average molecular weight is 556 g/mol. The average Bonchev–Trinajstić information content (AvgIpc) is 3.54. The molecule has 3 aliphatic rings. The molecule has 210 valence electrons. The molecule has 2 fully saturated rings. The van der Waals surface area contributed by atoms with Crippen LogP contribution in [0.15, 0.2) is 60.7 Å². The number of nitrogens with one attached hydrogen (secondary N) is 2. The molecular formula is C31H29N3O7. The molecule has 4 N–H and O–H groups in total. The molecule has 41 heavy (non-hydrogen) atoms. The number of nitrogens with zero attached hydrogens (tertiary/aromatic N) is 1. The summed E-state index contributed by atoms with van der Waals surface area (Å²) in [6.45, 7) is 3.91. The Bertz CT molecular complexity index is 1600. The lowest BCUT2D eigenvalue weighted by Crippen LogP contribution is -2.53. The zero-order chi connectivity index (χ0) is 29.1. The zero-order valence-corrected chi connectivity index (χ0v) is 22.5. The van der Waals surface area contributed by atoms with Crippen LogP contribution in [-0.2, 0) is 37.5 Å². The summed E-state index contributed by atoms with van der Waals surface area (Å²) in [5.74, 6) is -4.42. The van der Waals surface area contributed by atoms with Crippen LogP contribution in [-0.4, -0.2) is 46.6 Å². The van der Waals surface area contributed by atoms with Crippen molar-refractivity contribution in [2.24, 2.45) is 11.8 Å². The minimum Gasteiger partial charge on any atom is -0.504 e. The normalized spacial score (nSPS) is 24.5. The molecule has 0 aliphatic carbocycles. The fourth-order valence-electron chi connectivity index (χ4n) is 6.41. The van der Waals surface area contributed by atoms with E-state index in [1.54, 1.807) is 13.0 Å². The number of hydrogen-bond acceptors (Lipinski definition) is 8. The number of aromatic hydroxyl groups is 2. The van der Waals surface area contributed by atoms with Gasteiger partial charge < -0.3 is 20.3 Å². The number of carbonyl (C=O) groups is 4. The molecule has 0 aromatic heterocycles. The van der Waals surface area contributed by atoms with Gasteiger partial charge in [-0.15, -0.1) is 0 Å². The topological polar surface area (TPSA) is 145 Å². The van der Waals surface area contributed by atoms with Gasteiger partial charge in [0.25, 0.3) is 0 Å². The van der Waals surface area contributed by atoms with Gasteiger partial charge in [-0.1, -0.05) is 25.1 Å². The predicted molar refractivity (Wildman–Crippen MR) is 148 cm³/mol. The molecule has 3 amide bonds. The van der Waals surface area contributed by atoms with Crippen molar-refractivity contribution >= 4 is 35.1 Å². The van der Waals surface area contributed by atoms with Gasteiger partial charge in [-0.25, -0.2) is 9.69 Å². The number of hydrogen-bond donors (Lipinski definition) is 4. The van der Waals surface area contributed by atoms with Gasteiger partial charge in [0.1, 0.15) is 5.54 Å². The number of fused-ring (bicyclic) bond motifs is 4. The van der Waals surface area contributed by atoms with Gasteiger partial charge in [0.05, 0.1) is 29.7 Å². The third-order valence-corrected chi connectivity index (χ3v) is 8.32. The minimum absolute atomic E-state index is 0.210. The van der Waals surface area contributed by atoms with Crippen molar-refractivity contribution in [2.75, 3.05) is 16.8 Å². The quantitative estimate of drug-likeness (QED) is 0.206. The number of anilines is 2. The van der Waals surface area contributed by atoms with Gasteiger partial charge in [0, 0.05) is 17.3 Å². The number of benzene rings is 3. The summed E-state index contributed by atoms with van der Waals surface area (Å²) >= 11 is 0. The molecule has 0 saturated carbocycles. The maximum absolute atomic E-state index is 14.2. The first-order chi connectivity index (χ1) is 19.7. The van der Waals surface area contributed by atoms with Crippen molar-refractivity contribution in [3.05, 3.63) is 82.9 Å². The van der Waals surface area contributed by atoms with E-state index in [-0.39, 0.29) is 30.1 Å². The highest BCUT2D eigenvalue weighted by molar-refractivity contribution is 6.25. The standard InChI is InChI=1S/C31H29N3O7/c1-3-16-5-11-21-20(13-16)31(30(40)32-21)26-25(22(33-31)14-17-6-12-23(35)24(36)15-17)27(37)34(28(26)38)19-9-7-18(8-10-19)29(39)41-4-2/h5-13,15,22,25-26,33,35-36H,3-4,14H2,1-2H3,(H,32,40)/t22-,25-,26-,31-/m1/s1. The summed E-state index contributed by atoms with van der Waals surface area (Å²) in [5, 5.41) is 26.2. The second-order valence-corrected chi connectivity index (χ2v) is 10.6. The van der Waals surface area contributed by atoms with Crippen molar-refractivity contribution in [1.82, 2.24) is 5.32 Å². The van der Waals surface area contributed by atoms with E-state index in [9.17, 15) is 29.4 Å². The molecule has 6 rings (SSSR count). The molecule has 0 bridgehead atoms. The van der Waals surface area contributed by atoms with Gasteiger partial charge in [-0.3, -0.25) is 19.7 Å². The molecule has 2 saturated heterocycles. The fraction of sp³-hybridized carbons (Fsp3) is 0.290. The van der Waals surface area contributed by atoms with Gasteiger partial charge >= 0.3 is 5.97 Å². The first kappa shape index (κ1) is 26.5. The molecule has 10 heteroatoms. The van der Waals surface area contributed by atoms with E-state index in [2.05, 4.69) is 10.6 Å². The maximum Gasteiger partial charge on any atom is 0.338 e. The number of esters is 1. The van der Waals surface area contributed by atoms with Gasteiger partial charge in [0.15, 0.2) is 11.5 Å². The van der Waals surface area contributed by atoms with E-state index >= 15 is 0 Å². The molecule has 3 aromatic rings. The lowest BCUT2D eigenvalue weighted by atomic mass is 9.76. The maximum atomic E-state index is 14.2. The van der Waals surface area contributed by atoms with Crippen LogP contribution in [0.5, 0.6) is 11.5 Å². The number of amides is 3. The summed E-state index contributed by atoms with van der Waals surface area (Å²) < 4.78 is 5.04. The molecule has 4 atom stereocenters. The van der Waals surface area contributed by atoms with Crippen LogP contribution in [0.2, 0.25) is 0 Å². The summed E-state index contributed by atoms with van der Waals surface area (Å²) in [5.41, 5.74) is 1.89. The summed E-state index contributed by atoms with van der Waals surface area (Å²) in [6.07, 6.45) is 0.926. The third kappa shape index (κ3) is 3.97. The Kier molecular flexibility index (Phi) is 6.30. The Hall–Kier alpha value is -4.70. The molecule has 10 nitrogen and oxygen atoms in total. The number of aryl methyl sites for hydroxylation is 1. The molecular weight excluding hydrogens is 526 g/mol. The Labute approximate surface area is 235 Å². The van der Waals surface area contributed by atoms with Gasteiger partial charge in [-0.05, 0) is 73.4 Å². The van der Waals surface area contributed by atoms with Crippen molar-refractivity contribution in [3.8, 4) is 11.5 Å². The highest BCUT2D eigenvalue weighted by atomic mass is 16.5. The lowest BCUT2D eigenvalue weighted by molar-refractivity contribution is -0.130. The first-order valence-electron chi connectivity index (χ1n) is 13.6. The second-order valence-electron chi connectivity index (χ2n) is 10.6. The number of ether oxygens (including phenoxy) is 1. The Morgan fingerprint density at radius 3 is 2.34 bits per heavy atom. The zero-order valence-electron chi connectivity index (χ0n) is 22.5. The molecule has 0 unspecified atom stereocenters. The molecule has 0 radical (unpaired) electrons. The van der Waals surface area contributed by atoms with Gasteiger partial charge in [0.2, 0.25) is 17.7 Å². The van der Waals surface area contributed by atoms with Crippen LogP contribution in [0.1, 0.15) is 40.9 Å². The smallest absolute Gasteiger partial charge is 0.338 e. The summed E-state index contributed by atoms with van der Waals surface area (Å²) in [7, 11) is 0. The van der Waals surface area contributed by atoms with Crippen LogP contribution in [0.25, 0.3) is 0 Å². The summed E-state index contributed by atoms with van der Waals surface area (Å²) in [4.78, 5) is 55.3. The van der Waals surface area contributed by atoms with E-state index in [0.717, 1.165) is 10.5 Å². The molecule has 1 spiro atoms. The molecule has 3 aromatic carbocycles. The van der Waals surface area contributed by atoms with E-state index in [0.29, 0.717) is 28.9 Å². The second kappa shape index (κ2) is 9.74. The number of phenols is 2. The van der Waals surface area contributed by atoms with Crippen LogP contribution in [0, 0.1) is 11.8 Å². The Morgan fingerprint density at radius 1 is 0.927 bits per heavy atom. The largest absolute Gasteiger partial charge is 0.504 e. The Morgan fingerprint density at radius 2 is 1.66 bits per heavy atom. The molecule has 3 aliphatic heterocycles. The van der Waals surface area contributed by atoms with Crippen LogP contribution in [0.4, 0.5) is 11.4 Å². The third-order valence-electron chi connectivity index (χ3n) is 8.32. The van der Waals surface area contributed by atoms with E-state index in [1.165, 1.54) is 36.4 Å². The monoisotopic (exact) mass is 555 g/mol. The highest BCUT2D eigenvalue weighted by Crippen LogP contribution is 2.54. The van der Waals surface area contributed by atoms with Crippen LogP contribution in [0.3, 0.4) is 0 Å². The van der Waals surface area contributed by atoms with E-state index in [4.69, 9.17) is 4.74 Å². The number of rotatable bonds is 6. The minimum atomic E-state index is -1.48. The van der Waals surface area contributed by atoms with E-state index < -0.39 is 47.1 Å². The molecule has 3 heterocycles. The van der Waals surface area contributed by atoms with Crippen LogP contribution < -0.4 is 15.5 Å². The van der Waals surface area contributed by atoms with Crippen molar-refractivity contribution in [3.63, 3.8) is 0 Å². The fourth-order valence-corrected chi connectivity index (χ4v) is 6.41. The number of imide groups is 1. The van der Waals surface area contributed by atoms with Crippen LogP contribution >= 0.6 is 0 Å². The first-order valence-corrected chi connectivity index (χ1v) is 13.6. The number of phenolic OH excluding ortho intramolecular Hbond substituents is 2. The van der Waals surface area contributed by atoms with Gasteiger partial charge in [-0.2, -0.15) is 0 Å². The lowest BCUT2D eigenvalue weighted by Gasteiger charge is -2.30. The SMILES string of the molecule is CCOC(=O)c1ccc(N2C(=O)[C@@H]3[C@@H](Cc4ccc(O)c(O)c4)N[C@@]4(C(=O)Nc5ccc(CC)cc54)[C@H]3C2=O)cc1. The van der Waals surface area contributed by atoms with Crippen molar-refractivity contribution < 1.29 is 34.1 Å². The number of carbonyl (C=O) groups excluding carboxylic acids is 4. The predicted octanol–water partition coefficient (Wildman–Crippen LogP) is 3.00. The van der Waals surface area contributed by atoms with Crippen molar-refractivity contribution in [1.29, 1.82) is 0 Å². The Balaban J connectivity index is 1.44.